The van der Waals surface area contributed by atoms with Crippen molar-refractivity contribution >= 4 is 5.97 Å². The highest BCUT2D eigenvalue weighted by molar-refractivity contribution is 5.75. The van der Waals surface area contributed by atoms with Gasteiger partial charge in [0.25, 0.3) is 0 Å². The summed E-state index contributed by atoms with van der Waals surface area (Å²) < 4.78 is 5.40. The van der Waals surface area contributed by atoms with Crippen LogP contribution in [0.1, 0.15) is 47.0 Å². The summed E-state index contributed by atoms with van der Waals surface area (Å²) in [4.78, 5) is 11.5. The van der Waals surface area contributed by atoms with Gasteiger partial charge in [-0.3, -0.25) is 4.79 Å². The molecule has 0 bridgehead atoms. The van der Waals surface area contributed by atoms with Gasteiger partial charge in [-0.25, -0.2) is 0 Å². The maximum atomic E-state index is 11.5. The van der Waals surface area contributed by atoms with Crippen LogP contribution in [0.2, 0.25) is 0 Å². The molecule has 0 aromatic rings. The number of ether oxygens (including phenoxy) is 1. The van der Waals surface area contributed by atoms with Gasteiger partial charge in [-0.2, -0.15) is 0 Å². The largest absolute Gasteiger partial charge is 0.459 e. The first-order valence-electron chi connectivity index (χ1n) is 4.57. The molecule has 0 heterocycles. The molecular weight excluding hydrogens is 152 g/mol. The van der Waals surface area contributed by atoms with Crippen LogP contribution in [0.25, 0.3) is 0 Å². The Morgan fingerprint density at radius 3 is 2.08 bits per heavy atom. The lowest BCUT2D eigenvalue weighted by atomic mass is 9.81. The van der Waals surface area contributed by atoms with Crippen LogP contribution in [-0.2, 0) is 9.53 Å². The summed E-state index contributed by atoms with van der Waals surface area (Å²) in [5, 5.41) is 0. The molecule has 0 aromatic heterocycles. The van der Waals surface area contributed by atoms with Crippen LogP contribution in [0.4, 0.5) is 0 Å². The van der Waals surface area contributed by atoms with Gasteiger partial charge in [0, 0.05) is 0 Å². The van der Waals surface area contributed by atoms with Crippen molar-refractivity contribution in [3.8, 4) is 0 Å². The second kappa shape index (κ2) is 2.75. The number of hydrogen-bond donors (Lipinski definition) is 0. The Kier molecular flexibility index (Phi) is 2.19. The van der Waals surface area contributed by atoms with E-state index in [0.717, 1.165) is 12.8 Å². The van der Waals surface area contributed by atoms with Crippen molar-refractivity contribution in [3.05, 3.63) is 0 Å². The topological polar surface area (TPSA) is 26.3 Å². The number of esters is 1. The normalized spacial score (nSPS) is 21.3. The SMILES string of the molecule is CC1(OC(=O)C(C)(C)C)CCC1. The van der Waals surface area contributed by atoms with Crippen LogP contribution < -0.4 is 0 Å². The van der Waals surface area contributed by atoms with Gasteiger partial charge < -0.3 is 4.74 Å². The number of rotatable bonds is 1. The molecule has 12 heavy (non-hydrogen) atoms. The first kappa shape index (κ1) is 9.56. The third-order valence-electron chi connectivity index (χ3n) is 2.36. The van der Waals surface area contributed by atoms with Crippen LogP contribution in [0.5, 0.6) is 0 Å². The zero-order chi connectivity index (χ0) is 9.41. The summed E-state index contributed by atoms with van der Waals surface area (Å²) in [6, 6.07) is 0. The maximum absolute atomic E-state index is 11.5. The summed E-state index contributed by atoms with van der Waals surface area (Å²) in [7, 11) is 0. The first-order chi connectivity index (χ1) is 5.33. The quantitative estimate of drug-likeness (QED) is 0.565. The predicted molar refractivity (Wildman–Crippen MR) is 47.8 cm³/mol. The van der Waals surface area contributed by atoms with E-state index in [-0.39, 0.29) is 17.0 Å². The predicted octanol–water partition coefficient (Wildman–Crippen LogP) is 2.52. The average Bonchev–Trinajstić information content (AvgIpc) is 1.82. The number of hydrogen-bond acceptors (Lipinski definition) is 2. The van der Waals surface area contributed by atoms with Crippen molar-refractivity contribution in [1.82, 2.24) is 0 Å². The molecule has 70 valence electrons. The van der Waals surface area contributed by atoms with Gasteiger partial charge in [0.2, 0.25) is 0 Å². The van der Waals surface area contributed by atoms with Gasteiger partial charge in [0.15, 0.2) is 0 Å². The highest BCUT2D eigenvalue weighted by Crippen LogP contribution is 2.36. The Morgan fingerprint density at radius 2 is 1.83 bits per heavy atom. The molecule has 2 nitrogen and oxygen atoms in total. The fourth-order valence-electron chi connectivity index (χ4n) is 1.15. The maximum Gasteiger partial charge on any atom is 0.311 e. The lowest BCUT2D eigenvalue weighted by Gasteiger charge is -2.39. The van der Waals surface area contributed by atoms with E-state index in [1.54, 1.807) is 0 Å². The molecule has 1 aliphatic carbocycles. The molecule has 1 rings (SSSR count). The Hall–Kier alpha value is -0.530. The summed E-state index contributed by atoms with van der Waals surface area (Å²) >= 11 is 0. The van der Waals surface area contributed by atoms with E-state index in [0.29, 0.717) is 0 Å². The van der Waals surface area contributed by atoms with Crippen molar-refractivity contribution < 1.29 is 9.53 Å². The Bertz CT molecular complexity index is 185. The second-order valence-corrected chi connectivity index (χ2v) is 4.94. The van der Waals surface area contributed by atoms with Crippen molar-refractivity contribution in [1.29, 1.82) is 0 Å². The minimum absolute atomic E-state index is 0.0790. The van der Waals surface area contributed by atoms with Gasteiger partial charge in [-0.1, -0.05) is 0 Å². The standard InChI is InChI=1S/C10H18O2/c1-9(2,3)8(11)12-10(4)6-5-7-10/h5-7H2,1-4H3. The molecular formula is C10H18O2. The molecule has 0 amide bonds. The van der Waals surface area contributed by atoms with E-state index in [2.05, 4.69) is 0 Å². The van der Waals surface area contributed by atoms with Gasteiger partial charge >= 0.3 is 5.97 Å². The van der Waals surface area contributed by atoms with Crippen LogP contribution >= 0.6 is 0 Å². The molecule has 0 radical (unpaired) electrons. The zero-order valence-electron chi connectivity index (χ0n) is 8.44. The number of carbonyl (C=O) groups is 1. The van der Waals surface area contributed by atoms with Crippen molar-refractivity contribution in [3.63, 3.8) is 0 Å². The molecule has 0 aromatic carbocycles. The zero-order valence-corrected chi connectivity index (χ0v) is 8.44. The molecule has 1 saturated carbocycles. The fraction of sp³-hybridized carbons (Fsp3) is 0.900. The Labute approximate surface area is 74.3 Å². The van der Waals surface area contributed by atoms with E-state index in [1.165, 1.54) is 6.42 Å². The highest BCUT2D eigenvalue weighted by atomic mass is 16.6. The first-order valence-corrected chi connectivity index (χ1v) is 4.57. The lowest BCUT2D eigenvalue weighted by molar-refractivity contribution is -0.176. The van der Waals surface area contributed by atoms with Gasteiger partial charge in [-0.15, -0.1) is 0 Å². The van der Waals surface area contributed by atoms with E-state index >= 15 is 0 Å². The van der Waals surface area contributed by atoms with E-state index < -0.39 is 0 Å². The summed E-state index contributed by atoms with van der Waals surface area (Å²) in [6.45, 7) is 7.67. The molecule has 0 unspecified atom stereocenters. The lowest BCUT2D eigenvalue weighted by Crippen LogP contribution is -2.41. The molecule has 1 aliphatic rings. The molecule has 1 fully saturated rings. The van der Waals surface area contributed by atoms with E-state index in [9.17, 15) is 4.79 Å². The second-order valence-electron chi connectivity index (χ2n) is 4.94. The summed E-state index contributed by atoms with van der Waals surface area (Å²) in [6.07, 6.45) is 3.23. The molecule has 0 spiro atoms. The summed E-state index contributed by atoms with van der Waals surface area (Å²) in [5.41, 5.74) is -0.511. The third kappa shape index (κ3) is 1.99. The van der Waals surface area contributed by atoms with Gasteiger partial charge in [-0.05, 0) is 47.0 Å². The van der Waals surface area contributed by atoms with Gasteiger partial charge in [0.1, 0.15) is 5.60 Å². The average molecular weight is 170 g/mol. The minimum atomic E-state index is -0.363. The van der Waals surface area contributed by atoms with Crippen molar-refractivity contribution in [2.45, 2.75) is 52.6 Å². The highest BCUT2D eigenvalue weighted by Gasteiger charge is 2.38. The summed E-state index contributed by atoms with van der Waals surface area (Å²) in [5.74, 6) is -0.0790. The Morgan fingerprint density at radius 1 is 1.33 bits per heavy atom. The molecule has 0 atom stereocenters. The third-order valence-corrected chi connectivity index (χ3v) is 2.36. The fourth-order valence-corrected chi connectivity index (χ4v) is 1.15. The number of carbonyl (C=O) groups excluding carboxylic acids is 1. The minimum Gasteiger partial charge on any atom is -0.459 e. The van der Waals surface area contributed by atoms with Crippen LogP contribution in [0.3, 0.4) is 0 Å². The van der Waals surface area contributed by atoms with Crippen molar-refractivity contribution in [2.75, 3.05) is 0 Å². The molecule has 0 aliphatic heterocycles. The smallest absolute Gasteiger partial charge is 0.311 e. The monoisotopic (exact) mass is 170 g/mol. The van der Waals surface area contributed by atoms with Crippen LogP contribution in [0.15, 0.2) is 0 Å². The van der Waals surface area contributed by atoms with Crippen LogP contribution in [0, 0.1) is 5.41 Å². The Balaban J connectivity index is 2.46. The van der Waals surface area contributed by atoms with Crippen molar-refractivity contribution in [2.24, 2.45) is 5.41 Å². The van der Waals surface area contributed by atoms with E-state index in [1.807, 2.05) is 27.7 Å². The molecule has 0 N–H and O–H groups in total. The van der Waals surface area contributed by atoms with Crippen LogP contribution in [-0.4, -0.2) is 11.6 Å². The van der Waals surface area contributed by atoms with Gasteiger partial charge in [0.05, 0.1) is 5.41 Å². The molecule has 0 saturated heterocycles. The molecule has 2 heteroatoms. The van der Waals surface area contributed by atoms with E-state index in [4.69, 9.17) is 4.74 Å².